The zero-order valence-corrected chi connectivity index (χ0v) is 18.9. The number of hydrogen-bond acceptors (Lipinski definition) is 4. The van der Waals surface area contributed by atoms with Crippen LogP contribution < -0.4 is 0 Å². The smallest absolute Gasteiger partial charge is 0.191 e. The van der Waals surface area contributed by atoms with Crippen molar-refractivity contribution in [2.75, 3.05) is 7.11 Å². The Balaban J connectivity index is 2.75. The predicted octanol–water partition coefficient (Wildman–Crippen LogP) is 6.17. The van der Waals surface area contributed by atoms with E-state index in [0.717, 1.165) is 16.7 Å². The molecule has 1 atom stereocenters. The lowest BCUT2D eigenvalue weighted by molar-refractivity contribution is 0.416. The summed E-state index contributed by atoms with van der Waals surface area (Å²) in [4.78, 5) is 0. The van der Waals surface area contributed by atoms with Crippen molar-refractivity contribution in [2.24, 2.45) is 4.40 Å². The molecule has 3 nitrogen and oxygen atoms in total. The number of nitrogens with zero attached hydrogens (tertiary/aromatic N) is 1. The Labute approximate surface area is 179 Å². The Bertz CT molecular complexity index is 892. The fourth-order valence-electron chi connectivity index (χ4n) is 2.49. The highest BCUT2D eigenvalue weighted by atomic mass is 35.5. The number of aryl methyl sites for hydroxylation is 1. The Kier molecular flexibility index (Phi) is 7.33. The molecule has 2 aromatic rings. The van der Waals surface area contributed by atoms with Gasteiger partial charge >= 0.3 is 0 Å². The molecule has 1 unspecified atom stereocenters. The van der Waals surface area contributed by atoms with Crippen molar-refractivity contribution in [1.29, 1.82) is 0 Å². The molecule has 0 aromatic heterocycles. The summed E-state index contributed by atoms with van der Waals surface area (Å²) in [6.45, 7) is 7.54. The maximum atomic E-state index is 12.4. The minimum atomic E-state index is -1.42. The number of hydrogen-bond donors (Lipinski definition) is 0. The van der Waals surface area contributed by atoms with Crippen LogP contribution in [0.1, 0.15) is 37.5 Å². The topological polar surface area (TPSA) is 44.6 Å². The van der Waals surface area contributed by atoms with Crippen LogP contribution in [0, 0.1) is 6.92 Å². The Hall–Kier alpha value is -1.11. The Morgan fingerprint density at radius 3 is 2.37 bits per heavy atom. The van der Waals surface area contributed by atoms with Gasteiger partial charge in [-0.2, -0.15) is 0 Å². The van der Waals surface area contributed by atoms with Crippen molar-refractivity contribution in [3.05, 3.63) is 57.1 Å². The molecule has 0 radical (unpaired) electrons. The molecule has 0 saturated carbocycles. The summed E-state index contributed by atoms with van der Waals surface area (Å²) in [5.74, 6) is 0. The first-order valence-electron chi connectivity index (χ1n) is 8.20. The van der Waals surface area contributed by atoms with Crippen LogP contribution in [0.25, 0.3) is 11.1 Å². The zero-order valence-electron chi connectivity index (χ0n) is 15.8. The molecule has 0 aliphatic carbocycles. The maximum absolute atomic E-state index is 12.4. The van der Waals surface area contributed by atoms with Gasteiger partial charge in [0.25, 0.3) is 0 Å². The van der Waals surface area contributed by atoms with Crippen LogP contribution in [0.4, 0.5) is 0 Å². The molecule has 0 aliphatic rings. The van der Waals surface area contributed by atoms with Crippen molar-refractivity contribution in [3.8, 4) is 11.1 Å². The largest absolute Gasteiger partial charge is 0.591 e. The van der Waals surface area contributed by atoms with Crippen LogP contribution in [0.15, 0.2) is 34.7 Å². The van der Waals surface area contributed by atoms with Crippen LogP contribution >= 0.6 is 35.4 Å². The van der Waals surface area contributed by atoms with E-state index in [0.29, 0.717) is 26.2 Å². The van der Waals surface area contributed by atoms with E-state index in [4.69, 9.17) is 40.2 Å². The molecule has 144 valence electrons. The Morgan fingerprint density at radius 1 is 1.15 bits per heavy atom. The number of benzene rings is 2. The summed E-state index contributed by atoms with van der Waals surface area (Å²) in [5.41, 5.74) is 3.80. The van der Waals surface area contributed by atoms with Gasteiger partial charge < -0.3 is 9.29 Å². The number of thiocarbonyl (C=S) groups is 1. The van der Waals surface area contributed by atoms with E-state index in [-0.39, 0.29) is 0 Å². The molecule has 0 N–H and O–H groups in total. The summed E-state index contributed by atoms with van der Waals surface area (Å²) in [6, 6.07) is 9.16. The van der Waals surface area contributed by atoms with E-state index in [2.05, 4.69) is 4.40 Å². The molecular weight excluding hydrogens is 421 g/mol. The van der Waals surface area contributed by atoms with Gasteiger partial charge in [0.15, 0.2) is 5.05 Å². The van der Waals surface area contributed by atoms with Crippen LogP contribution in [0.5, 0.6) is 0 Å². The first-order valence-corrected chi connectivity index (χ1v) is 10.5. The molecule has 2 aromatic carbocycles. The minimum Gasteiger partial charge on any atom is -0.591 e. The normalized spacial score (nSPS) is 13.0. The first-order chi connectivity index (χ1) is 12.6. The van der Waals surface area contributed by atoms with E-state index >= 15 is 0 Å². The fraction of sp³-hybridized carbons (Fsp3) is 0.300. The molecule has 0 bridgehead atoms. The SMILES string of the molecule is COC(=S)c1cccc(C)c1-c1c(Cl)ccc(Cl)c1/C=N/[S+]([O-])C(C)(C)C. The van der Waals surface area contributed by atoms with Crippen molar-refractivity contribution in [1.82, 2.24) is 0 Å². The highest BCUT2D eigenvalue weighted by Gasteiger charge is 2.26. The quantitative estimate of drug-likeness (QED) is 0.323. The van der Waals surface area contributed by atoms with E-state index in [1.165, 1.54) is 13.3 Å². The van der Waals surface area contributed by atoms with Crippen LogP contribution in [0.2, 0.25) is 10.0 Å². The third-order valence-corrected chi connectivity index (χ3v) is 6.25. The lowest BCUT2D eigenvalue weighted by Crippen LogP contribution is -2.25. The van der Waals surface area contributed by atoms with Gasteiger partial charge in [0, 0.05) is 21.7 Å². The zero-order chi connectivity index (χ0) is 20.4. The van der Waals surface area contributed by atoms with E-state index in [1.54, 1.807) is 12.1 Å². The third kappa shape index (κ3) is 5.04. The molecule has 0 fully saturated rings. The van der Waals surface area contributed by atoms with Gasteiger partial charge in [0.05, 0.1) is 18.3 Å². The molecule has 0 spiro atoms. The van der Waals surface area contributed by atoms with Crippen LogP contribution in [0.3, 0.4) is 0 Å². The van der Waals surface area contributed by atoms with Gasteiger partial charge in [0.1, 0.15) is 16.1 Å². The lowest BCUT2D eigenvalue weighted by atomic mass is 9.92. The van der Waals surface area contributed by atoms with Gasteiger partial charge in [-0.15, -0.1) is 0 Å². The molecule has 0 heterocycles. The molecule has 7 heteroatoms. The summed E-state index contributed by atoms with van der Waals surface area (Å²) in [5, 5.41) is 1.31. The molecular formula is C20H21Cl2NO2S2. The second-order valence-electron chi connectivity index (χ2n) is 6.90. The minimum absolute atomic E-state index is 0.353. The summed E-state index contributed by atoms with van der Waals surface area (Å²) in [6.07, 6.45) is 1.52. The lowest BCUT2D eigenvalue weighted by Gasteiger charge is -2.19. The Morgan fingerprint density at radius 2 is 1.78 bits per heavy atom. The van der Waals surface area contributed by atoms with Crippen molar-refractivity contribution in [3.63, 3.8) is 0 Å². The average molecular weight is 442 g/mol. The first kappa shape index (κ1) is 22.2. The number of ether oxygens (including phenoxy) is 1. The predicted molar refractivity (Wildman–Crippen MR) is 121 cm³/mol. The monoisotopic (exact) mass is 441 g/mol. The standard InChI is InChI=1S/C20H21Cl2NO2S2/c1-12-7-6-8-13(19(26)25-5)17(12)18-14(15(21)9-10-16(18)22)11-23-27(24)20(2,3)4/h6-11H,1-5H3/b23-11+. The second-order valence-corrected chi connectivity index (χ2v) is 10.0. The summed E-state index contributed by atoms with van der Waals surface area (Å²) in [7, 11) is 1.53. The molecule has 0 amide bonds. The average Bonchev–Trinajstić information content (AvgIpc) is 2.60. The maximum Gasteiger partial charge on any atom is 0.191 e. The fourth-order valence-corrected chi connectivity index (χ4v) is 3.64. The van der Waals surface area contributed by atoms with Crippen molar-refractivity contribution >= 4 is 58.0 Å². The van der Waals surface area contributed by atoms with E-state index < -0.39 is 16.1 Å². The van der Waals surface area contributed by atoms with Gasteiger partial charge in [0.2, 0.25) is 0 Å². The van der Waals surface area contributed by atoms with Crippen molar-refractivity contribution in [2.45, 2.75) is 32.4 Å². The summed E-state index contributed by atoms with van der Waals surface area (Å²) >= 11 is 16.9. The number of halogens is 2. The van der Waals surface area contributed by atoms with E-state index in [1.807, 2.05) is 45.9 Å². The van der Waals surface area contributed by atoms with Crippen LogP contribution in [-0.4, -0.2) is 27.7 Å². The van der Waals surface area contributed by atoms with Gasteiger partial charge in [-0.1, -0.05) is 39.7 Å². The van der Waals surface area contributed by atoms with Crippen molar-refractivity contribution < 1.29 is 9.29 Å². The molecule has 0 aliphatic heterocycles. The van der Waals surface area contributed by atoms with Gasteiger partial charge in [-0.3, -0.25) is 0 Å². The highest BCUT2D eigenvalue weighted by molar-refractivity contribution is 7.91. The van der Waals surface area contributed by atoms with Crippen LogP contribution in [-0.2, 0) is 16.1 Å². The van der Waals surface area contributed by atoms with Gasteiger partial charge in [-0.05, 0) is 69.2 Å². The molecule has 2 rings (SSSR count). The summed E-state index contributed by atoms with van der Waals surface area (Å²) < 4.78 is 21.4. The second kappa shape index (κ2) is 8.93. The molecule has 27 heavy (non-hydrogen) atoms. The highest BCUT2D eigenvalue weighted by Crippen LogP contribution is 2.39. The van der Waals surface area contributed by atoms with Gasteiger partial charge in [-0.25, -0.2) is 0 Å². The molecule has 0 saturated heterocycles. The van der Waals surface area contributed by atoms with E-state index in [9.17, 15) is 4.55 Å². The number of rotatable bonds is 4. The number of methoxy groups -OCH3 is 1. The third-order valence-electron chi connectivity index (χ3n) is 3.87.